The van der Waals surface area contributed by atoms with Crippen molar-refractivity contribution >= 4 is 11.6 Å². The molecule has 2 N–H and O–H groups in total. The summed E-state index contributed by atoms with van der Waals surface area (Å²) in [5.74, 6) is 1.37. The van der Waals surface area contributed by atoms with Crippen LogP contribution in [0.25, 0.3) is 0 Å². The lowest BCUT2D eigenvalue weighted by atomic mass is 10.1. The standard InChI is InChI=1S/C11H18N4O/c1-2-16-9-5-7-15(8-6-9)11-4-3-10(12)13-14-11/h3-4,9H,2,5-8H2,1H3,(H2,12,13). The molecule has 0 atom stereocenters. The maximum atomic E-state index is 5.60. The van der Waals surface area contributed by atoms with Crippen molar-refractivity contribution in [1.82, 2.24) is 10.2 Å². The van der Waals surface area contributed by atoms with Gasteiger partial charge in [0.25, 0.3) is 0 Å². The summed E-state index contributed by atoms with van der Waals surface area (Å²) in [6.07, 6.45) is 2.52. The highest BCUT2D eigenvalue weighted by atomic mass is 16.5. The number of anilines is 2. The van der Waals surface area contributed by atoms with E-state index in [0.29, 0.717) is 11.9 Å². The fourth-order valence-corrected chi connectivity index (χ4v) is 1.99. The van der Waals surface area contributed by atoms with Crippen LogP contribution in [-0.4, -0.2) is 36.0 Å². The molecule has 1 saturated heterocycles. The quantitative estimate of drug-likeness (QED) is 0.828. The predicted molar refractivity (Wildman–Crippen MR) is 63.3 cm³/mol. The molecule has 1 aliphatic rings. The van der Waals surface area contributed by atoms with Gasteiger partial charge in [-0.05, 0) is 31.9 Å². The lowest BCUT2D eigenvalue weighted by Gasteiger charge is -2.32. The Hall–Kier alpha value is -1.36. The normalized spacial score (nSPS) is 17.7. The van der Waals surface area contributed by atoms with E-state index in [0.717, 1.165) is 38.4 Å². The molecule has 0 radical (unpaired) electrons. The number of nitrogens with two attached hydrogens (primary N) is 1. The van der Waals surface area contributed by atoms with Crippen LogP contribution in [0.5, 0.6) is 0 Å². The summed E-state index contributed by atoms with van der Waals surface area (Å²) in [7, 11) is 0. The molecule has 1 aliphatic heterocycles. The van der Waals surface area contributed by atoms with Crippen LogP contribution in [0.15, 0.2) is 12.1 Å². The average Bonchev–Trinajstić information content (AvgIpc) is 2.32. The van der Waals surface area contributed by atoms with Crippen LogP contribution in [-0.2, 0) is 4.74 Å². The molecule has 2 rings (SSSR count). The first-order valence-corrected chi connectivity index (χ1v) is 5.75. The summed E-state index contributed by atoms with van der Waals surface area (Å²) in [5, 5.41) is 7.95. The van der Waals surface area contributed by atoms with Gasteiger partial charge in [0.1, 0.15) is 5.82 Å². The van der Waals surface area contributed by atoms with Crippen LogP contribution in [0.3, 0.4) is 0 Å². The van der Waals surface area contributed by atoms with Crippen LogP contribution in [0.1, 0.15) is 19.8 Å². The average molecular weight is 222 g/mol. The zero-order chi connectivity index (χ0) is 11.4. The molecule has 1 aromatic rings. The second kappa shape index (κ2) is 5.12. The van der Waals surface area contributed by atoms with E-state index in [1.807, 2.05) is 13.0 Å². The third-order valence-electron chi connectivity index (χ3n) is 2.84. The molecular weight excluding hydrogens is 204 g/mol. The molecule has 1 fully saturated rings. The van der Waals surface area contributed by atoms with Crippen LogP contribution in [0.4, 0.5) is 11.6 Å². The molecular formula is C11H18N4O. The van der Waals surface area contributed by atoms with Crippen LogP contribution in [0, 0.1) is 0 Å². The van der Waals surface area contributed by atoms with Gasteiger partial charge >= 0.3 is 0 Å². The van der Waals surface area contributed by atoms with Gasteiger partial charge in [0, 0.05) is 19.7 Å². The minimum atomic E-state index is 0.406. The zero-order valence-corrected chi connectivity index (χ0v) is 9.59. The van der Waals surface area contributed by atoms with E-state index in [-0.39, 0.29) is 0 Å². The van der Waals surface area contributed by atoms with Crippen LogP contribution < -0.4 is 10.6 Å². The monoisotopic (exact) mass is 222 g/mol. The maximum absolute atomic E-state index is 5.60. The van der Waals surface area contributed by atoms with Gasteiger partial charge < -0.3 is 15.4 Å². The van der Waals surface area contributed by atoms with E-state index in [1.54, 1.807) is 6.07 Å². The first-order chi connectivity index (χ1) is 7.79. The maximum Gasteiger partial charge on any atom is 0.151 e. The minimum Gasteiger partial charge on any atom is -0.382 e. The van der Waals surface area contributed by atoms with Gasteiger partial charge in [-0.3, -0.25) is 0 Å². The minimum absolute atomic E-state index is 0.406. The van der Waals surface area contributed by atoms with E-state index in [4.69, 9.17) is 10.5 Å². The Kier molecular flexibility index (Phi) is 3.56. The molecule has 5 nitrogen and oxygen atoms in total. The lowest BCUT2D eigenvalue weighted by Crippen LogP contribution is -2.37. The number of aromatic nitrogens is 2. The third-order valence-corrected chi connectivity index (χ3v) is 2.84. The molecule has 0 amide bonds. The van der Waals surface area contributed by atoms with Gasteiger partial charge in [-0.15, -0.1) is 10.2 Å². The Bertz CT molecular complexity index is 319. The summed E-state index contributed by atoms with van der Waals surface area (Å²) in [6, 6.07) is 3.71. The molecule has 0 aliphatic carbocycles. The van der Waals surface area contributed by atoms with Crippen molar-refractivity contribution in [1.29, 1.82) is 0 Å². The molecule has 88 valence electrons. The second-order valence-electron chi connectivity index (χ2n) is 3.96. The number of ether oxygens (including phenoxy) is 1. The molecule has 1 aromatic heterocycles. The van der Waals surface area contributed by atoms with Crippen molar-refractivity contribution < 1.29 is 4.74 Å². The summed E-state index contributed by atoms with van der Waals surface area (Å²) in [6.45, 7) is 4.79. The van der Waals surface area contributed by atoms with E-state index < -0.39 is 0 Å². The number of piperidine rings is 1. The van der Waals surface area contributed by atoms with E-state index >= 15 is 0 Å². The topological polar surface area (TPSA) is 64.3 Å². The fraction of sp³-hybridized carbons (Fsp3) is 0.636. The molecule has 0 bridgehead atoms. The summed E-state index contributed by atoms with van der Waals surface area (Å²) < 4.78 is 5.60. The Labute approximate surface area is 95.6 Å². The van der Waals surface area contributed by atoms with E-state index in [2.05, 4.69) is 15.1 Å². The Morgan fingerprint density at radius 1 is 1.38 bits per heavy atom. The second-order valence-corrected chi connectivity index (χ2v) is 3.96. The van der Waals surface area contributed by atoms with Gasteiger partial charge in [0.2, 0.25) is 0 Å². The molecule has 0 spiro atoms. The largest absolute Gasteiger partial charge is 0.382 e. The summed E-state index contributed by atoms with van der Waals surface area (Å²) in [5.41, 5.74) is 5.51. The van der Waals surface area contributed by atoms with Crippen LogP contribution in [0.2, 0.25) is 0 Å². The Morgan fingerprint density at radius 3 is 2.69 bits per heavy atom. The van der Waals surface area contributed by atoms with E-state index in [9.17, 15) is 0 Å². The fourth-order valence-electron chi connectivity index (χ4n) is 1.99. The smallest absolute Gasteiger partial charge is 0.151 e. The first-order valence-electron chi connectivity index (χ1n) is 5.75. The molecule has 0 aromatic carbocycles. The van der Waals surface area contributed by atoms with Gasteiger partial charge in [0.15, 0.2) is 5.82 Å². The molecule has 0 unspecified atom stereocenters. The van der Waals surface area contributed by atoms with Crippen LogP contribution >= 0.6 is 0 Å². The first kappa shape index (κ1) is 11.1. The number of nitrogen functional groups attached to an aromatic ring is 1. The third kappa shape index (κ3) is 2.61. The van der Waals surface area contributed by atoms with Gasteiger partial charge in [-0.25, -0.2) is 0 Å². The van der Waals surface area contributed by atoms with Crippen molar-refractivity contribution in [2.45, 2.75) is 25.9 Å². The number of hydrogen-bond donors (Lipinski definition) is 1. The van der Waals surface area contributed by atoms with Gasteiger partial charge in [0.05, 0.1) is 6.10 Å². The summed E-state index contributed by atoms with van der Waals surface area (Å²) in [4.78, 5) is 2.22. The Balaban J connectivity index is 1.91. The van der Waals surface area contributed by atoms with Gasteiger partial charge in [-0.2, -0.15) is 0 Å². The molecule has 16 heavy (non-hydrogen) atoms. The SMILES string of the molecule is CCOC1CCN(c2ccc(N)nn2)CC1. The number of nitrogens with zero attached hydrogens (tertiary/aromatic N) is 3. The highest BCUT2D eigenvalue weighted by Gasteiger charge is 2.20. The highest BCUT2D eigenvalue weighted by Crippen LogP contribution is 2.19. The van der Waals surface area contributed by atoms with Gasteiger partial charge in [-0.1, -0.05) is 0 Å². The van der Waals surface area contributed by atoms with Crippen molar-refractivity contribution in [2.75, 3.05) is 30.3 Å². The van der Waals surface area contributed by atoms with Crippen molar-refractivity contribution in [3.05, 3.63) is 12.1 Å². The van der Waals surface area contributed by atoms with Crippen molar-refractivity contribution in [3.63, 3.8) is 0 Å². The lowest BCUT2D eigenvalue weighted by molar-refractivity contribution is 0.0458. The van der Waals surface area contributed by atoms with E-state index in [1.165, 1.54) is 0 Å². The molecule has 2 heterocycles. The number of hydrogen-bond acceptors (Lipinski definition) is 5. The highest BCUT2D eigenvalue weighted by molar-refractivity contribution is 5.41. The van der Waals surface area contributed by atoms with Crippen molar-refractivity contribution in [2.24, 2.45) is 0 Å². The van der Waals surface area contributed by atoms with Crippen molar-refractivity contribution in [3.8, 4) is 0 Å². The zero-order valence-electron chi connectivity index (χ0n) is 9.59. The molecule has 5 heteroatoms. The summed E-state index contributed by atoms with van der Waals surface area (Å²) >= 11 is 0. The molecule has 0 saturated carbocycles. The number of rotatable bonds is 3. The Morgan fingerprint density at radius 2 is 2.12 bits per heavy atom. The predicted octanol–water partition coefficient (Wildman–Crippen LogP) is 1.06.